The Labute approximate surface area is 78.6 Å². The maximum absolute atomic E-state index is 11.4. The van der Waals surface area contributed by atoms with Gasteiger partial charge in [-0.05, 0) is 18.9 Å². The van der Waals surface area contributed by atoms with Crippen LogP contribution in [0.1, 0.15) is 26.7 Å². The zero-order valence-corrected chi connectivity index (χ0v) is 8.13. The topological polar surface area (TPSA) is 44.1 Å². The molecule has 0 saturated heterocycles. The van der Waals surface area contributed by atoms with Gasteiger partial charge in [0.15, 0.2) is 0 Å². The summed E-state index contributed by atoms with van der Waals surface area (Å²) >= 11 is 0. The Bertz CT molecular complexity index is 286. The van der Waals surface area contributed by atoms with Crippen molar-refractivity contribution in [3.05, 3.63) is 11.1 Å². The Morgan fingerprint density at radius 2 is 2.31 bits per heavy atom. The van der Waals surface area contributed by atoms with Crippen molar-refractivity contribution in [3.63, 3.8) is 0 Å². The molecule has 0 fully saturated rings. The third-order valence-electron chi connectivity index (χ3n) is 2.26. The molecule has 1 rings (SSSR count). The predicted octanol–water partition coefficient (Wildman–Crippen LogP) is 1.47. The normalized spacial score (nSPS) is 17.6. The van der Waals surface area contributed by atoms with E-state index in [-0.39, 0.29) is 5.91 Å². The minimum absolute atomic E-state index is 0.151. The lowest BCUT2D eigenvalue weighted by Crippen LogP contribution is -2.36. The molecule has 0 atom stereocenters. The molecule has 0 aromatic carbocycles. The van der Waals surface area contributed by atoms with Crippen LogP contribution in [0.5, 0.6) is 0 Å². The van der Waals surface area contributed by atoms with E-state index in [1.54, 1.807) is 4.90 Å². The van der Waals surface area contributed by atoms with Crippen LogP contribution in [-0.4, -0.2) is 23.9 Å². The standard InChI is InChI=1S/C10H14N2O/c1-3-4-12-7-9(6-11)8(2)5-10(12)13/h3-5,7H2,1-2H3. The Kier molecular flexibility index (Phi) is 3.07. The van der Waals surface area contributed by atoms with Crippen molar-refractivity contribution in [2.24, 2.45) is 0 Å². The van der Waals surface area contributed by atoms with Crippen LogP contribution in [0.4, 0.5) is 0 Å². The summed E-state index contributed by atoms with van der Waals surface area (Å²) < 4.78 is 0. The lowest BCUT2D eigenvalue weighted by atomic mass is 10.0. The number of carbonyl (C=O) groups excluding carboxylic acids is 1. The number of hydrogen-bond donors (Lipinski definition) is 0. The number of amides is 1. The first-order chi connectivity index (χ1) is 6.19. The SMILES string of the molecule is CCCN1CC(C#N)=C(C)CC1=O. The smallest absolute Gasteiger partial charge is 0.227 e. The molecule has 1 aliphatic heterocycles. The first kappa shape index (κ1) is 9.79. The highest BCUT2D eigenvalue weighted by atomic mass is 16.2. The lowest BCUT2D eigenvalue weighted by molar-refractivity contribution is -0.130. The molecule has 0 radical (unpaired) electrons. The summed E-state index contributed by atoms with van der Waals surface area (Å²) in [5.74, 6) is 0.151. The third kappa shape index (κ3) is 2.09. The van der Waals surface area contributed by atoms with Crippen molar-refractivity contribution < 1.29 is 4.79 Å². The van der Waals surface area contributed by atoms with E-state index in [0.29, 0.717) is 13.0 Å². The molecule has 13 heavy (non-hydrogen) atoms. The molecule has 0 aromatic rings. The Balaban J connectivity index is 2.77. The van der Waals surface area contributed by atoms with E-state index in [2.05, 4.69) is 6.07 Å². The molecule has 70 valence electrons. The van der Waals surface area contributed by atoms with Gasteiger partial charge in [-0.2, -0.15) is 5.26 Å². The number of nitrogens with zero attached hydrogens (tertiary/aromatic N) is 2. The van der Waals surface area contributed by atoms with Crippen LogP contribution in [0.2, 0.25) is 0 Å². The number of carbonyl (C=O) groups is 1. The quantitative estimate of drug-likeness (QED) is 0.642. The lowest BCUT2D eigenvalue weighted by Gasteiger charge is -2.26. The highest BCUT2D eigenvalue weighted by molar-refractivity contribution is 5.81. The fraction of sp³-hybridized carbons (Fsp3) is 0.600. The van der Waals surface area contributed by atoms with Gasteiger partial charge in [-0.3, -0.25) is 4.79 Å². The molecule has 0 aliphatic carbocycles. The van der Waals surface area contributed by atoms with E-state index in [4.69, 9.17) is 5.26 Å². The van der Waals surface area contributed by atoms with Crippen LogP contribution in [0, 0.1) is 11.3 Å². The summed E-state index contributed by atoms with van der Waals surface area (Å²) in [7, 11) is 0. The molecular formula is C10H14N2O. The average molecular weight is 178 g/mol. The summed E-state index contributed by atoms with van der Waals surface area (Å²) in [5, 5.41) is 8.79. The monoisotopic (exact) mass is 178 g/mol. The van der Waals surface area contributed by atoms with Gasteiger partial charge in [0, 0.05) is 18.5 Å². The van der Waals surface area contributed by atoms with Crippen molar-refractivity contribution in [3.8, 4) is 6.07 Å². The van der Waals surface area contributed by atoms with Gasteiger partial charge < -0.3 is 4.90 Å². The van der Waals surface area contributed by atoms with Gasteiger partial charge in [0.25, 0.3) is 0 Å². The van der Waals surface area contributed by atoms with Crippen molar-refractivity contribution in [1.82, 2.24) is 4.90 Å². The summed E-state index contributed by atoms with van der Waals surface area (Å²) in [4.78, 5) is 13.2. The maximum Gasteiger partial charge on any atom is 0.227 e. The van der Waals surface area contributed by atoms with Gasteiger partial charge in [0.1, 0.15) is 0 Å². The number of nitriles is 1. The number of hydrogen-bond acceptors (Lipinski definition) is 2. The number of rotatable bonds is 2. The molecule has 0 unspecified atom stereocenters. The van der Waals surface area contributed by atoms with Crippen LogP contribution >= 0.6 is 0 Å². The van der Waals surface area contributed by atoms with E-state index in [0.717, 1.165) is 24.1 Å². The van der Waals surface area contributed by atoms with Gasteiger partial charge in [-0.15, -0.1) is 0 Å². The molecule has 0 spiro atoms. The van der Waals surface area contributed by atoms with Crippen molar-refractivity contribution in [2.45, 2.75) is 26.7 Å². The molecule has 0 bridgehead atoms. The van der Waals surface area contributed by atoms with E-state index >= 15 is 0 Å². The molecular weight excluding hydrogens is 164 g/mol. The second-order valence-corrected chi connectivity index (χ2v) is 3.36. The highest BCUT2D eigenvalue weighted by Crippen LogP contribution is 2.17. The van der Waals surface area contributed by atoms with E-state index in [1.807, 2.05) is 13.8 Å². The molecule has 0 saturated carbocycles. The fourth-order valence-electron chi connectivity index (χ4n) is 1.46. The largest absolute Gasteiger partial charge is 0.337 e. The molecule has 1 aliphatic rings. The Hall–Kier alpha value is -1.30. The van der Waals surface area contributed by atoms with Crippen LogP contribution in [-0.2, 0) is 4.79 Å². The first-order valence-corrected chi connectivity index (χ1v) is 4.55. The molecule has 0 aromatic heterocycles. The van der Waals surface area contributed by atoms with Gasteiger partial charge in [-0.25, -0.2) is 0 Å². The summed E-state index contributed by atoms with van der Waals surface area (Å²) in [5.41, 5.74) is 1.69. The van der Waals surface area contributed by atoms with Gasteiger partial charge in [0.05, 0.1) is 12.6 Å². The minimum atomic E-state index is 0.151. The zero-order chi connectivity index (χ0) is 9.84. The van der Waals surface area contributed by atoms with Crippen LogP contribution in [0.25, 0.3) is 0 Å². The van der Waals surface area contributed by atoms with Crippen LogP contribution < -0.4 is 0 Å². The van der Waals surface area contributed by atoms with Crippen molar-refractivity contribution in [2.75, 3.05) is 13.1 Å². The second kappa shape index (κ2) is 4.08. The Morgan fingerprint density at radius 1 is 1.62 bits per heavy atom. The van der Waals surface area contributed by atoms with Crippen molar-refractivity contribution in [1.29, 1.82) is 5.26 Å². The predicted molar refractivity (Wildman–Crippen MR) is 49.8 cm³/mol. The molecule has 1 amide bonds. The van der Waals surface area contributed by atoms with Crippen LogP contribution in [0.3, 0.4) is 0 Å². The highest BCUT2D eigenvalue weighted by Gasteiger charge is 2.21. The fourth-order valence-corrected chi connectivity index (χ4v) is 1.46. The first-order valence-electron chi connectivity index (χ1n) is 4.55. The molecule has 1 heterocycles. The summed E-state index contributed by atoms with van der Waals surface area (Å²) in [6.07, 6.45) is 1.37. The van der Waals surface area contributed by atoms with E-state index in [9.17, 15) is 4.79 Å². The van der Waals surface area contributed by atoms with Gasteiger partial charge in [-0.1, -0.05) is 6.92 Å². The van der Waals surface area contributed by atoms with E-state index < -0.39 is 0 Å². The molecule has 3 heteroatoms. The average Bonchev–Trinajstić information content (AvgIpc) is 2.10. The summed E-state index contributed by atoms with van der Waals surface area (Å²) in [6, 6.07) is 2.15. The molecule has 3 nitrogen and oxygen atoms in total. The van der Waals surface area contributed by atoms with E-state index in [1.165, 1.54) is 0 Å². The summed E-state index contributed by atoms with van der Waals surface area (Å²) in [6.45, 7) is 5.16. The second-order valence-electron chi connectivity index (χ2n) is 3.36. The molecule has 0 N–H and O–H groups in total. The minimum Gasteiger partial charge on any atom is -0.337 e. The van der Waals surface area contributed by atoms with Gasteiger partial charge >= 0.3 is 0 Å². The van der Waals surface area contributed by atoms with Crippen LogP contribution in [0.15, 0.2) is 11.1 Å². The zero-order valence-electron chi connectivity index (χ0n) is 8.13. The Morgan fingerprint density at radius 3 is 2.85 bits per heavy atom. The third-order valence-corrected chi connectivity index (χ3v) is 2.26. The maximum atomic E-state index is 11.4. The van der Waals surface area contributed by atoms with Crippen molar-refractivity contribution >= 4 is 5.91 Å². The van der Waals surface area contributed by atoms with Gasteiger partial charge in [0.2, 0.25) is 5.91 Å².